The second-order valence-corrected chi connectivity index (χ2v) is 9.65. The fraction of sp³-hybridized carbons (Fsp3) is 0.304. The summed E-state index contributed by atoms with van der Waals surface area (Å²) in [6.45, 7) is 2.19. The zero-order valence-electron chi connectivity index (χ0n) is 16.9. The molecule has 0 fully saturated rings. The van der Waals surface area contributed by atoms with Crippen molar-refractivity contribution >= 4 is 39.5 Å². The van der Waals surface area contributed by atoms with Crippen molar-refractivity contribution in [2.45, 2.75) is 38.6 Å². The van der Waals surface area contributed by atoms with Crippen molar-refractivity contribution in [3.63, 3.8) is 0 Å². The third kappa shape index (κ3) is 4.48. The second-order valence-electron chi connectivity index (χ2n) is 7.57. The van der Waals surface area contributed by atoms with Gasteiger partial charge in [0.15, 0.2) is 0 Å². The van der Waals surface area contributed by atoms with Gasteiger partial charge in [0.1, 0.15) is 5.00 Å². The molecule has 4 rings (SSSR count). The highest BCUT2D eigenvalue weighted by Crippen LogP contribution is 2.37. The molecule has 0 bridgehead atoms. The topological polar surface area (TPSA) is 84.2 Å². The summed E-state index contributed by atoms with van der Waals surface area (Å²) in [4.78, 5) is 27.1. The molecule has 5 nitrogen and oxygen atoms in total. The highest BCUT2D eigenvalue weighted by Gasteiger charge is 2.25. The molecule has 2 heterocycles. The molecule has 1 aliphatic carbocycles. The molecule has 0 aliphatic heterocycles. The van der Waals surface area contributed by atoms with Crippen LogP contribution in [-0.2, 0) is 17.6 Å². The van der Waals surface area contributed by atoms with Gasteiger partial charge in [-0.05, 0) is 55.2 Å². The zero-order chi connectivity index (χ0) is 21.1. The molecule has 156 valence electrons. The van der Waals surface area contributed by atoms with Crippen LogP contribution in [0.4, 0.5) is 5.00 Å². The van der Waals surface area contributed by atoms with Crippen molar-refractivity contribution in [2.75, 3.05) is 11.9 Å². The quantitative estimate of drug-likeness (QED) is 0.510. The summed E-state index contributed by atoms with van der Waals surface area (Å²) in [5, 5.41) is 8.93. The van der Waals surface area contributed by atoms with E-state index in [1.165, 1.54) is 21.8 Å². The van der Waals surface area contributed by atoms with Gasteiger partial charge in [-0.25, -0.2) is 0 Å². The van der Waals surface area contributed by atoms with Crippen LogP contribution < -0.4 is 16.4 Å². The summed E-state index contributed by atoms with van der Waals surface area (Å²) in [6.07, 6.45) is 3.96. The predicted molar refractivity (Wildman–Crippen MR) is 123 cm³/mol. The van der Waals surface area contributed by atoms with Gasteiger partial charge in [0.05, 0.1) is 18.2 Å². The maximum Gasteiger partial charge on any atom is 0.251 e. The molecular formula is C23H25N3O2S2. The fourth-order valence-electron chi connectivity index (χ4n) is 3.88. The Morgan fingerprint density at radius 1 is 1.13 bits per heavy atom. The zero-order valence-corrected chi connectivity index (χ0v) is 18.5. The van der Waals surface area contributed by atoms with E-state index in [0.717, 1.165) is 41.7 Å². The molecular weight excluding hydrogens is 414 g/mol. The van der Waals surface area contributed by atoms with E-state index in [-0.39, 0.29) is 18.5 Å². The molecule has 0 saturated carbocycles. The largest absolute Gasteiger partial charge is 0.365 e. The summed E-state index contributed by atoms with van der Waals surface area (Å²) in [5.74, 6) is -0.640. The van der Waals surface area contributed by atoms with Crippen LogP contribution in [0.1, 0.15) is 55.7 Å². The number of fused-ring (bicyclic) bond motifs is 1. The first-order chi connectivity index (χ1) is 14.5. The summed E-state index contributed by atoms with van der Waals surface area (Å²) in [6, 6.07) is 12.3. The van der Waals surface area contributed by atoms with Crippen molar-refractivity contribution in [1.29, 1.82) is 0 Å². The average Bonchev–Trinajstić information content (AvgIpc) is 3.37. The summed E-state index contributed by atoms with van der Waals surface area (Å²) >= 11 is 3.15. The fourth-order valence-corrected chi connectivity index (χ4v) is 6.02. The van der Waals surface area contributed by atoms with E-state index < -0.39 is 5.91 Å². The van der Waals surface area contributed by atoms with Crippen LogP contribution in [0.15, 0.2) is 41.8 Å². The van der Waals surface area contributed by atoms with Gasteiger partial charge in [0, 0.05) is 9.75 Å². The highest BCUT2D eigenvalue weighted by atomic mass is 32.1. The lowest BCUT2D eigenvalue weighted by Gasteiger charge is -2.18. The van der Waals surface area contributed by atoms with Gasteiger partial charge < -0.3 is 11.1 Å². The van der Waals surface area contributed by atoms with E-state index in [1.807, 2.05) is 11.4 Å². The lowest BCUT2D eigenvalue weighted by molar-refractivity contribution is -0.115. The number of benzene rings is 1. The molecule has 0 radical (unpaired) electrons. The maximum atomic E-state index is 12.7. The van der Waals surface area contributed by atoms with Crippen molar-refractivity contribution in [3.8, 4) is 0 Å². The van der Waals surface area contributed by atoms with Crippen LogP contribution in [0.3, 0.4) is 0 Å². The number of hydrogen-bond donors (Lipinski definition) is 3. The third-order valence-corrected chi connectivity index (χ3v) is 7.52. The molecule has 0 unspecified atom stereocenters. The Balaban J connectivity index is 1.49. The maximum absolute atomic E-state index is 12.7. The van der Waals surface area contributed by atoms with Crippen LogP contribution in [-0.4, -0.2) is 18.4 Å². The van der Waals surface area contributed by atoms with Crippen molar-refractivity contribution in [1.82, 2.24) is 5.32 Å². The van der Waals surface area contributed by atoms with Gasteiger partial charge in [0.25, 0.3) is 5.91 Å². The van der Waals surface area contributed by atoms with E-state index in [4.69, 9.17) is 5.73 Å². The third-order valence-electron chi connectivity index (χ3n) is 5.38. The van der Waals surface area contributed by atoms with Gasteiger partial charge in [-0.1, -0.05) is 35.9 Å². The number of thiophene rings is 2. The van der Waals surface area contributed by atoms with Crippen LogP contribution in [0.25, 0.3) is 0 Å². The van der Waals surface area contributed by atoms with E-state index in [1.54, 1.807) is 11.3 Å². The number of carbonyl (C=O) groups is 2. The Morgan fingerprint density at radius 3 is 2.60 bits per heavy atom. The number of nitrogens with one attached hydrogen (secondary N) is 2. The minimum Gasteiger partial charge on any atom is -0.365 e. The summed E-state index contributed by atoms with van der Waals surface area (Å²) in [5.41, 5.74) is 9.47. The van der Waals surface area contributed by atoms with Crippen LogP contribution in [0, 0.1) is 6.92 Å². The minimum atomic E-state index is -0.464. The first kappa shape index (κ1) is 20.8. The Hall–Kier alpha value is -2.48. The molecule has 1 atom stereocenters. The summed E-state index contributed by atoms with van der Waals surface area (Å²) < 4.78 is 0. The van der Waals surface area contributed by atoms with Crippen LogP contribution in [0.5, 0.6) is 0 Å². The van der Waals surface area contributed by atoms with Crippen molar-refractivity contribution in [2.24, 2.45) is 5.73 Å². The number of carbonyl (C=O) groups excluding carboxylic acids is 2. The summed E-state index contributed by atoms with van der Waals surface area (Å²) in [7, 11) is 0. The number of amides is 2. The SMILES string of the molecule is Cc1ccc([C@H](NCC(=O)Nc2sc3c(c2C(N)=O)CCCC3)c2cccs2)cc1. The van der Waals surface area contributed by atoms with Crippen LogP contribution in [0.2, 0.25) is 0 Å². The van der Waals surface area contributed by atoms with Gasteiger partial charge in [0.2, 0.25) is 5.91 Å². The monoisotopic (exact) mass is 439 g/mol. The standard InChI is InChI=1S/C23H25N3O2S2/c1-14-8-10-15(11-9-14)21(18-7-4-12-29-18)25-13-19(27)26-23-20(22(24)28)16-5-2-3-6-17(16)30-23/h4,7-12,21,25H,2-3,5-6,13H2,1H3,(H2,24,28)(H,26,27)/t21-/m0/s1. The number of aryl methyl sites for hydroxylation is 2. The number of anilines is 1. The molecule has 4 N–H and O–H groups in total. The van der Waals surface area contributed by atoms with E-state index in [0.29, 0.717) is 10.6 Å². The molecule has 2 amide bonds. The Morgan fingerprint density at radius 2 is 1.90 bits per heavy atom. The number of rotatable bonds is 7. The average molecular weight is 440 g/mol. The normalized spacial score (nSPS) is 14.2. The molecule has 1 aliphatic rings. The van der Waals surface area contributed by atoms with E-state index in [2.05, 4.69) is 47.9 Å². The van der Waals surface area contributed by atoms with Crippen molar-refractivity contribution in [3.05, 3.63) is 73.8 Å². The first-order valence-corrected chi connectivity index (χ1v) is 11.8. The molecule has 30 heavy (non-hydrogen) atoms. The second kappa shape index (κ2) is 9.12. The number of nitrogens with two attached hydrogens (primary N) is 1. The lowest BCUT2D eigenvalue weighted by atomic mass is 9.95. The number of primary amides is 1. The van der Waals surface area contributed by atoms with E-state index in [9.17, 15) is 9.59 Å². The van der Waals surface area contributed by atoms with Crippen LogP contribution >= 0.6 is 22.7 Å². The molecule has 0 saturated heterocycles. The molecule has 0 spiro atoms. The van der Waals surface area contributed by atoms with E-state index >= 15 is 0 Å². The van der Waals surface area contributed by atoms with Gasteiger partial charge in [-0.15, -0.1) is 22.7 Å². The Kier molecular flexibility index (Phi) is 6.32. The van der Waals surface area contributed by atoms with Gasteiger partial charge >= 0.3 is 0 Å². The molecule has 3 aromatic rings. The highest BCUT2D eigenvalue weighted by molar-refractivity contribution is 7.17. The number of hydrogen-bond acceptors (Lipinski definition) is 5. The lowest BCUT2D eigenvalue weighted by Crippen LogP contribution is -2.32. The molecule has 2 aromatic heterocycles. The molecule has 1 aromatic carbocycles. The smallest absolute Gasteiger partial charge is 0.251 e. The Bertz CT molecular complexity index is 1040. The van der Waals surface area contributed by atoms with Gasteiger partial charge in [-0.2, -0.15) is 0 Å². The van der Waals surface area contributed by atoms with Crippen molar-refractivity contribution < 1.29 is 9.59 Å². The predicted octanol–water partition coefficient (Wildman–Crippen LogP) is 4.41. The minimum absolute atomic E-state index is 0.0662. The van der Waals surface area contributed by atoms with Gasteiger partial charge in [-0.3, -0.25) is 14.9 Å². The Labute approximate surface area is 184 Å². The first-order valence-electron chi connectivity index (χ1n) is 10.1. The molecule has 7 heteroatoms.